The summed E-state index contributed by atoms with van der Waals surface area (Å²) >= 11 is 0. The number of nitrogens with zero attached hydrogens (tertiary/aromatic N) is 3. The van der Waals surface area contributed by atoms with E-state index in [1.54, 1.807) is 0 Å². The molecule has 1 aliphatic rings. The first kappa shape index (κ1) is 23.0. The van der Waals surface area contributed by atoms with Gasteiger partial charge in [-0.25, -0.2) is 0 Å². The number of imidazole rings is 1. The van der Waals surface area contributed by atoms with Gasteiger partial charge in [0.15, 0.2) is 5.78 Å². The van der Waals surface area contributed by atoms with E-state index in [2.05, 4.69) is 37.8 Å². The van der Waals surface area contributed by atoms with Gasteiger partial charge in [0.2, 0.25) is 5.62 Å². The van der Waals surface area contributed by atoms with Gasteiger partial charge in [-0.05, 0) is 35.2 Å². The van der Waals surface area contributed by atoms with Gasteiger partial charge in [-0.3, -0.25) is 10.2 Å². The number of hydrogen-bond donors (Lipinski definition) is 1. The van der Waals surface area contributed by atoms with Crippen LogP contribution in [0.3, 0.4) is 0 Å². The molecule has 0 spiro atoms. The van der Waals surface area contributed by atoms with Gasteiger partial charge in [-0.15, -0.1) is 0 Å². The van der Waals surface area contributed by atoms with Crippen LogP contribution in [0, 0.1) is 5.41 Å². The number of benzene rings is 3. The van der Waals surface area contributed by atoms with Crippen molar-refractivity contribution in [3.63, 3.8) is 0 Å². The predicted octanol–water partition coefficient (Wildman–Crippen LogP) is 4.98. The van der Waals surface area contributed by atoms with E-state index in [4.69, 9.17) is 10.1 Å². The molecule has 0 saturated heterocycles. The molecule has 0 bridgehead atoms. The average Bonchev–Trinajstić information content (AvgIpc) is 3.10. The van der Waals surface area contributed by atoms with E-state index in [9.17, 15) is 4.79 Å². The van der Waals surface area contributed by atoms with Crippen molar-refractivity contribution in [2.75, 3.05) is 25.1 Å². The van der Waals surface area contributed by atoms with Crippen LogP contribution in [0.15, 0.2) is 66.7 Å². The second-order valence-electron chi connectivity index (χ2n) is 10.3. The van der Waals surface area contributed by atoms with Crippen LogP contribution in [0.2, 0.25) is 0 Å². The number of ether oxygens (including phenoxy) is 1. The molecule has 35 heavy (non-hydrogen) atoms. The van der Waals surface area contributed by atoms with Gasteiger partial charge in [-0.1, -0.05) is 63.2 Å². The molecule has 6 heteroatoms. The molecular weight excluding hydrogens is 436 g/mol. The number of fused-ring (bicyclic) bond motifs is 2. The third-order valence-corrected chi connectivity index (χ3v) is 6.74. The van der Waals surface area contributed by atoms with Crippen LogP contribution in [-0.4, -0.2) is 35.1 Å². The van der Waals surface area contributed by atoms with Gasteiger partial charge in [0.1, 0.15) is 12.4 Å². The Bertz CT molecular complexity index is 1460. The molecule has 0 fully saturated rings. The zero-order valence-electron chi connectivity index (χ0n) is 20.8. The fourth-order valence-corrected chi connectivity index (χ4v) is 4.79. The van der Waals surface area contributed by atoms with E-state index in [-0.39, 0.29) is 17.7 Å². The molecule has 1 N–H and O–H groups in total. The fourth-order valence-electron chi connectivity index (χ4n) is 4.79. The van der Waals surface area contributed by atoms with Crippen molar-refractivity contribution in [1.29, 1.82) is 5.41 Å². The Balaban J connectivity index is 1.56. The number of para-hydroxylation sites is 2. The van der Waals surface area contributed by atoms with Crippen LogP contribution < -0.4 is 15.3 Å². The van der Waals surface area contributed by atoms with Crippen molar-refractivity contribution >= 4 is 22.5 Å². The van der Waals surface area contributed by atoms with E-state index in [1.807, 2.05) is 70.8 Å². The van der Waals surface area contributed by atoms with Crippen molar-refractivity contribution in [3.05, 3.63) is 89.0 Å². The Hall–Kier alpha value is -3.80. The van der Waals surface area contributed by atoms with Crippen molar-refractivity contribution in [2.24, 2.45) is 0 Å². The second kappa shape index (κ2) is 8.77. The number of aromatic nitrogens is 2. The summed E-state index contributed by atoms with van der Waals surface area (Å²) in [6, 6.07) is 22.0. The molecule has 0 aliphatic carbocycles. The third kappa shape index (κ3) is 4.25. The van der Waals surface area contributed by atoms with Crippen LogP contribution in [0.1, 0.15) is 42.3 Å². The molecule has 180 valence electrons. The maximum absolute atomic E-state index is 13.7. The minimum atomic E-state index is -0.169. The van der Waals surface area contributed by atoms with Crippen LogP contribution >= 0.6 is 0 Å². The van der Waals surface area contributed by atoms with Crippen LogP contribution in [0.4, 0.5) is 5.69 Å². The highest BCUT2D eigenvalue weighted by Crippen LogP contribution is 2.41. The lowest BCUT2D eigenvalue weighted by Crippen LogP contribution is -2.31. The Labute approximate surface area is 205 Å². The Morgan fingerprint density at radius 3 is 2.31 bits per heavy atom. The molecule has 6 nitrogen and oxygen atoms in total. The zero-order chi connectivity index (χ0) is 24.7. The molecule has 1 aromatic heterocycles. The third-order valence-electron chi connectivity index (χ3n) is 6.74. The van der Waals surface area contributed by atoms with E-state index in [0.717, 1.165) is 40.1 Å². The smallest absolute Gasteiger partial charge is 0.203 e. The maximum Gasteiger partial charge on any atom is 0.203 e. The Morgan fingerprint density at radius 2 is 1.63 bits per heavy atom. The molecule has 0 radical (unpaired) electrons. The first-order chi connectivity index (χ1) is 16.7. The summed E-state index contributed by atoms with van der Waals surface area (Å²) in [5.41, 5.74) is 5.74. The standard InChI is InChI=1S/C29H32N4O2/c1-29(2,3)22-16-21(17-25-27(22)35-15-14-31(25)4)26(34)19-33-24-13-9-8-12-23(24)32(28(33)30)18-20-10-6-5-7-11-20/h5-13,16-17,30H,14-15,18-19H2,1-4H3. The minimum absolute atomic E-state index is 0.0154. The SMILES string of the molecule is CN1CCOc2c1cc(C(=O)Cn1c(=N)n(Cc3ccccc3)c3ccccc31)cc2C(C)(C)C. The first-order valence-electron chi connectivity index (χ1n) is 12.1. The number of carbonyl (C=O) groups excluding carboxylic acids is 1. The molecule has 5 rings (SSSR count). The van der Waals surface area contributed by atoms with Gasteiger partial charge < -0.3 is 18.8 Å². The Kier molecular flexibility index (Phi) is 5.75. The molecule has 0 saturated carbocycles. The summed E-state index contributed by atoms with van der Waals surface area (Å²) in [6.45, 7) is 8.53. The summed E-state index contributed by atoms with van der Waals surface area (Å²) in [5.74, 6) is 0.856. The molecule has 4 aromatic rings. The van der Waals surface area contributed by atoms with Crippen LogP contribution in [-0.2, 0) is 18.5 Å². The summed E-state index contributed by atoms with van der Waals surface area (Å²) in [6.07, 6.45) is 0. The average molecular weight is 469 g/mol. The highest BCUT2D eigenvalue weighted by Gasteiger charge is 2.28. The lowest BCUT2D eigenvalue weighted by Gasteiger charge is -2.33. The number of ketones is 1. The number of nitrogens with one attached hydrogen (secondary N) is 1. The molecule has 0 unspecified atom stereocenters. The number of anilines is 1. The lowest BCUT2D eigenvalue weighted by atomic mass is 9.84. The van der Waals surface area contributed by atoms with Crippen LogP contribution in [0.5, 0.6) is 5.75 Å². The highest BCUT2D eigenvalue weighted by molar-refractivity contribution is 5.98. The summed E-state index contributed by atoms with van der Waals surface area (Å²) in [5, 5.41) is 8.95. The highest BCUT2D eigenvalue weighted by atomic mass is 16.5. The second-order valence-corrected chi connectivity index (χ2v) is 10.3. The van der Waals surface area contributed by atoms with E-state index in [0.29, 0.717) is 24.3 Å². The van der Waals surface area contributed by atoms with Gasteiger partial charge in [0.25, 0.3) is 0 Å². The van der Waals surface area contributed by atoms with E-state index in [1.165, 1.54) is 0 Å². The number of likely N-dealkylation sites (N-methyl/N-ethyl adjacent to an activating group) is 1. The molecule has 1 aliphatic heterocycles. The summed E-state index contributed by atoms with van der Waals surface area (Å²) in [4.78, 5) is 15.8. The quantitative estimate of drug-likeness (QED) is 0.420. The molecule has 3 aromatic carbocycles. The minimum Gasteiger partial charge on any atom is -0.489 e. The van der Waals surface area contributed by atoms with Crippen LogP contribution in [0.25, 0.3) is 11.0 Å². The van der Waals surface area contributed by atoms with E-state index >= 15 is 0 Å². The van der Waals surface area contributed by atoms with Crippen molar-refractivity contribution in [2.45, 2.75) is 39.3 Å². The van der Waals surface area contributed by atoms with Crippen molar-refractivity contribution in [3.8, 4) is 5.75 Å². The Morgan fingerprint density at radius 1 is 0.971 bits per heavy atom. The van der Waals surface area contributed by atoms with Gasteiger partial charge >= 0.3 is 0 Å². The number of hydrogen-bond acceptors (Lipinski definition) is 4. The number of Topliss-reactive ketones (excluding diaryl/α,β-unsaturated/α-hetero) is 1. The first-order valence-corrected chi connectivity index (χ1v) is 12.1. The largest absolute Gasteiger partial charge is 0.489 e. The van der Waals surface area contributed by atoms with E-state index < -0.39 is 0 Å². The maximum atomic E-state index is 13.7. The normalized spacial score (nSPS) is 13.5. The van der Waals surface area contributed by atoms with Gasteiger partial charge in [0.05, 0.1) is 36.4 Å². The molecule has 0 amide bonds. The van der Waals surface area contributed by atoms with Crippen molar-refractivity contribution in [1.82, 2.24) is 9.13 Å². The fraction of sp³-hybridized carbons (Fsp3) is 0.310. The monoisotopic (exact) mass is 468 g/mol. The summed E-state index contributed by atoms with van der Waals surface area (Å²) < 4.78 is 9.83. The predicted molar refractivity (Wildman–Crippen MR) is 140 cm³/mol. The van der Waals surface area contributed by atoms with Gasteiger partial charge in [-0.2, -0.15) is 0 Å². The topological polar surface area (TPSA) is 63.2 Å². The lowest BCUT2D eigenvalue weighted by molar-refractivity contribution is 0.0971. The number of carbonyl (C=O) groups is 1. The van der Waals surface area contributed by atoms with Crippen molar-refractivity contribution < 1.29 is 9.53 Å². The number of rotatable bonds is 5. The summed E-state index contributed by atoms with van der Waals surface area (Å²) in [7, 11) is 2.04. The zero-order valence-corrected chi connectivity index (χ0v) is 20.8. The molecule has 0 atom stereocenters. The molecule has 2 heterocycles. The molecular formula is C29H32N4O2. The van der Waals surface area contributed by atoms with Gasteiger partial charge in [0, 0.05) is 18.2 Å².